The third kappa shape index (κ3) is 3.12. The van der Waals surface area contributed by atoms with Gasteiger partial charge in [-0.2, -0.15) is 0 Å². The first-order valence-corrected chi connectivity index (χ1v) is 5.65. The first-order valence-electron chi connectivity index (χ1n) is 5.65. The standard InChI is InChI=1S/C12H14N2O4/c1-8(9-2-4-13-5-3-9)18-14-12(16)11-6-10(15)7-17-11/h2-5,8,11H,6-7H2,1H3,(H,14,16)/t8-,11?/m0/s1. The Morgan fingerprint density at radius 2 is 2.28 bits per heavy atom. The predicted molar refractivity (Wildman–Crippen MR) is 61.2 cm³/mol. The number of aromatic nitrogens is 1. The number of ether oxygens (including phenoxy) is 1. The highest BCUT2D eigenvalue weighted by Crippen LogP contribution is 2.14. The molecule has 2 atom stereocenters. The number of pyridine rings is 1. The molecule has 18 heavy (non-hydrogen) atoms. The minimum absolute atomic E-state index is 0.00199. The van der Waals surface area contributed by atoms with Crippen molar-refractivity contribution in [3.8, 4) is 0 Å². The molecule has 96 valence electrons. The van der Waals surface area contributed by atoms with Crippen molar-refractivity contribution in [1.29, 1.82) is 0 Å². The molecule has 1 N–H and O–H groups in total. The number of hydrogen-bond donors (Lipinski definition) is 1. The predicted octanol–water partition coefficient (Wildman–Crippen LogP) is 0.548. The molecule has 0 aliphatic carbocycles. The van der Waals surface area contributed by atoms with Gasteiger partial charge in [-0.05, 0) is 24.6 Å². The fourth-order valence-corrected chi connectivity index (χ4v) is 1.60. The van der Waals surface area contributed by atoms with Crippen molar-refractivity contribution in [2.24, 2.45) is 0 Å². The Labute approximate surface area is 104 Å². The molecule has 1 fully saturated rings. The summed E-state index contributed by atoms with van der Waals surface area (Å²) in [5, 5.41) is 0. The number of carbonyl (C=O) groups is 2. The van der Waals surface area contributed by atoms with Crippen LogP contribution in [-0.4, -0.2) is 29.4 Å². The van der Waals surface area contributed by atoms with Gasteiger partial charge in [-0.1, -0.05) is 0 Å². The summed E-state index contributed by atoms with van der Waals surface area (Å²) in [6, 6.07) is 3.60. The van der Waals surface area contributed by atoms with Crippen LogP contribution < -0.4 is 5.48 Å². The van der Waals surface area contributed by atoms with E-state index in [1.807, 2.05) is 0 Å². The van der Waals surface area contributed by atoms with Crippen molar-refractivity contribution >= 4 is 11.7 Å². The van der Waals surface area contributed by atoms with Gasteiger partial charge in [0.2, 0.25) is 0 Å². The minimum Gasteiger partial charge on any atom is -0.360 e. The van der Waals surface area contributed by atoms with Gasteiger partial charge < -0.3 is 4.74 Å². The van der Waals surface area contributed by atoms with Crippen molar-refractivity contribution in [3.05, 3.63) is 30.1 Å². The Bertz CT molecular complexity index is 435. The van der Waals surface area contributed by atoms with Crippen LogP contribution in [0.1, 0.15) is 25.0 Å². The van der Waals surface area contributed by atoms with Gasteiger partial charge in [0.15, 0.2) is 5.78 Å². The molecule has 1 aliphatic rings. The molecule has 6 heteroatoms. The Balaban J connectivity index is 1.81. The minimum atomic E-state index is -0.734. The fourth-order valence-electron chi connectivity index (χ4n) is 1.60. The second kappa shape index (κ2) is 5.70. The number of carbonyl (C=O) groups excluding carboxylic acids is 2. The van der Waals surface area contributed by atoms with Crippen LogP contribution in [0.15, 0.2) is 24.5 Å². The largest absolute Gasteiger partial charge is 0.360 e. The van der Waals surface area contributed by atoms with Crippen LogP contribution in [0, 0.1) is 0 Å². The van der Waals surface area contributed by atoms with Crippen LogP contribution in [0.4, 0.5) is 0 Å². The molecule has 6 nitrogen and oxygen atoms in total. The highest BCUT2D eigenvalue weighted by atomic mass is 16.7. The van der Waals surface area contributed by atoms with E-state index >= 15 is 0 Å². The van der Waals surface area contributed by atoms with E-state index in [0.717, 1.165) is 5.56 Å². The number of nitrogens with zero attached hydrogens (tertiary/aromatic N) is 1. The number of ketones is 1. The van der Waals surface area contributed by atoms with Gasteiger partial charge in [0.25, 0.3) is 5.91 Å². The first kappa shape index (κ1) is 12.7. The zero-order valence-corrected chi connectivity index (χ0v) is 9.96. The molecule has 0 spiro atoms. The van der Waals surface area contributed by atoms with Gasteiger partial charge in [0, 0.05) is 18.8 Å². The van der Waals surface area contributed by atoms with Gasteiger partial charge in [0.05, 0.1) is 0 Å². The maximum absolute atomic E-state index is 11.6. The van der Waals surface area contributed by atoms with Crippen molar-refractivity contribution in [2.75, 3.05) is 6.61 Å². The molecule has 0 bridgehead atoms. The van der Waals surface area contributed by atoms with E-state index in [1.165, 1.54) is 0 Å². The molecule has 0 aromatic carbocycles. The van der Waals surface area contributed by atoms with Gasteiger partial charge in [0.1, 0.15) is 18.8 Å². The zero-order valence-electron chi connectivity index (χ0n) is 9.96. The number of hydroxylamine groups is 1. The van der Waals surface area contributed by atoms with Crippen molar-refractivity contribution in [3.63, 3.8) is 0 Å². The molecule has 1 aromatic heterocycles. The average Bonchev–Trinajstić information content (AvgIpc) is 2.83. The van der Waals surface area contributed by atoms with Crippen LogP contribution in [0.25, 0.3) is 0 Å². The summed E-state index contributed by atoms with van der Waals surface area (Å²) < 4.78 is 5.01. The fraction of sp³-hybridized carbons (Fsp3) is 0.417. The molecule has 1 unspecified atom stereocenters. The maximum Gasteiger partial charge on any atom is 0.273 e. The Hall–Kier alpha value is -1.79. The first-order chi connectivity index (χ1) is 8.66. The quantitative estimate of drug-likeness (QED) is 0.789. The second-order valence-electron chi connectivity index (χ2n) is 4.05. The third-order valence-corrected chi connectivity index (χ3v) is 2.66. The Morgan fingerprint density at radius 1 is 1.56 bits per heavy atom. The molecular weight excluding hydrogens is 236 g/mol. The number of hydrogen-bond acceptors (Lipinski definition) is 5. The van der Waals surface area contributed by atoms with Crippen LogP contribution in [0.2, 0.25) is 0 Å². The topological polar surface area (TPSA) is 77.5 Å². The third-order valence-electron chi connectivity index (χ3n) is 2.66. The number of nitrogens with one attached hydrogen (secondary N) is 1. The van der Waals surface area contributed by atoms with Crippen LogP contribution in [0.5, 0.6) is 0 Å². The lowest BCUT2D eigenvalue weighted by molar-refractivity contribution is -0.147. The van der Waals surface area contributed by atoms with E-state index in [9.17, 15) is 9.59 Å². The lowest BCUT2D eigenvalue weighted by atomic mass is 10.2. The van der Waals surface area contributed by atoms with E-state index in [1.54, 1.807) is 31.5 Å². The summed E-state index contributed by atoms with van der Waals surface area (Å²) in [6.07, 6.45) is 2.38. The Kier molecular flexibility index (Phi) is 4.01. The van der Waals surface area contributed by atoms with Gasteiger partial charge >= 0.3 is 0 Å². The molecule has 0 radical (unpaired) electrons. The van der Waals surface area contributed by atoms with E-state index < -0.39 is 12.0 Å². The molecular formula is C12H14N2O4. The van der Waals surface area contributed by atoms with Crippen LogP contribution in [-0.2, 0) is 19.2 Å². The van der Waals surface area contributed by atoms with Gasteiger partial charge in [-0.15, -0.1) is 0 Å². The van der Waals surface area contributed by atoms with Crippen molar-refractivity contribution in [2.45, 2.75) is 25.6 Å². The molecule has 0 saturated carbocycles. The summed E-state index contributed by atoms with van der Waals surface area (Å²) in [7, 11) is 0. The lowest BCUT2D eigenvalue weighted by Crippen LogP contribution is -2.35. The van der Waals surface area contributed by atoms with Crippen LogP contribution in [0.3, 0.4) is 0 Å². The molecule has 1 aliphatic heterocycles. The monoisotopic (exact) mass is 250 g/mol. The summed E-state index contributed by atoms with van der Waals surface area (Å²) >= 11 is 0. The number of Topliss-reactive ketones (excluding diaryl/α,β-unsaturated/α-hetero) is 1. The zero-order chi connectivity index (χ0) is 13.0. The second-order valence-corrected chi connectivity index (χ2v) is 4.05. The normalized spacial score (nSPS) is 20.7. The smallest absolute Gasteiger partial charge is 0.273 e. The van der Waals surface area contributed by atoms with E-state index in [2.05, 4.69) is 10.5 Å². The summed E-state index contributed by atoms with van der Waals surface area (Å²) in [4.78, 5) is 31.7. The summed E-state index contributed by atoms with van der Waals surface area (Å²) in [5.74, 6) is -0.501. The molecule has 1 saturated heterocycles. The molecule has 2 heterocycles. The molecule has 1 amide bonds. The van der Waals surface area contributed by atoms with E-state index in [4.69, 9.17) is 9.57 Å². The molecule has 2 rings (SSSR count). The number of amides is 1. The van der Waals surface area contributed by atoms with Crippen molar-refractivity contribution in [1.82, 2.24) is 10.5 Å². The highest BCUT2D eigenvalue weighted by Gasteiger charge is 2.29. The SMILES string of the molecule is C[C@H](ONC(=O)C1CC(=O)CO1)c1ccncc1. The summed E-state index contributed by atoms with van der Waals surface area (Å²) in [6.45, 7) is 1.80. The van der Waals surface area contributed by atoms with Crippen LogP contribution >= 0.6 is 0 Å². The van der Waals surface area contributed by atoms with Gasteiger partial charge in [-0.25, -0.2) is 5.48 Å². The van der Waals surface area contributed by atoms with E-state index in [-0.39, 0.29) is 24.9 Å². The van der Waals surface area contributed by atoms with Gasteiger partial charge in [-0.3, -0.25) is 19.4 Å². The van der Waals surface area contributed by atoms with E-state index in [0.29, 0.717) is 0 Å². The summed E-state index contributed by atoms with van der Waals surface area (Å²) in [5.41, 5.74) is 3.20. The molecule has 1 aromatic rings. The lowest BCUT2D eigenvalue weighted by Gasteiger charge is -2.15. The Morgan fingerprint density at radius 3 is 2.89 bits per heavy atom. The maximum atomic E-state index is 11.6. The average molecular weight is 250 g/mol. The number of rotatable bonds is 4. The van der Waals surface area contributed by atoms with Crippen molar-refractivity contribution < 1.29 is 19.2 Å². The highest BCUT2D eigenvalue weighted by molar-refractivity contribution is 5.91.